The first-order valence-corrected chi connectivity index (χ1v) is 5.13. The summed E-state index contributed by atoms with van der Waals surface area (Å²) in [6, 6.07) is 5.63. The van der Waals surface area contributed by atoms with Crippen LogP contribution in [0.1, 0.15) is 16.1 Å². The van der Waals surface area contributed by atoms with Crippen molar-refractivity contribution in [2.45, 2.75) is 6.92 Å². The van der Waals surface area contributed by atoms with Crippen LogP contribution in [0.25, 0.3) is 10.9 Å². The minimum atomic E-state index is -0.403. The number of carbonyl (C=O) groups excluding carboxylic acids is 1. The van der Waals surface area contributed by atoms with Gasteiger partial charge < -0.3 is 5.73 Å². The van der Waals surface area contributed by atoms with Crippen LogP contribution in [0.5, 0.6) is 0 Å². The lowest BCUT2D eigenvalue weighted by atomic mass is 10.1. The van der Waals surface area contributed by atoms with E-state index in [0.717, 1.165) is 10.9 Å². The molecule has 17 heavy (non-hydrogen) atoms. The number of fused-ring (bicyclic) bond motifs is 1. The maximum absolute atomic E-state index is 11.6. The van der Waals surface area contributed by atoms with E-state index in [1.165, 1.54) is 0 Å². The summed E-state index contributed by atoms with van der Waals surface area (Å²) in [7, 11) is 1.59. The molecule has 1 aromatic carbocycles. The second kappa shape index (κ2) is 4.34. The van der Waals surface area contributed by atoms with E-state index in [4.69, 9.17) is 5.73 Å². The summed E-state index contributed by atoms with van der Waals surface area (Å²) in [5, 5.41) is 8.56. The zero-order chi connectivity index (χ0) is 12.4. The van der Waals surface area contributed by atoms with E-state index in [9.17, 15) is 4.79 Å². The molecule has 6 heteroatoms. The molecule has 2 aromatic rings. The summed E-state index contributed by atoms with van der Waals surface area (Å²) in [6.45, 7) is 1.96. The van der Waals surface area contributed by atoms with E-state index in [0.29, 0.717) is 11.2 Å². The van der Waals surface area contributed by atoms with Gasteiger partial charge in [0.15, 0.2) is 5.69 Å². The van der Waals surface area contributed by atoms with Crippen LogP contribution in [-0.4, -0.2) is 23.2 Å². The standard InChI is InChI=1S/C11H13N5O/c1-6-3-4-7-8(5-6)14-15-10(9(7)12)11(17)16-13-2/h3-5,13H,1-2H3,(H2,12,14)(H,16,17). The number of hydrogen-bond donors (Lipinski definition) is 3. The number of hydrazine groups is 1. The summed E-state index contributed by atoms with van der Waals surface area (Å²) in [4.78, 5) is 11.6. The summed E-state index contributed by atoms with van der Waals surface area (Å²) < 4.78 is 0. The highest BCUT2D eigenvalue weighted by Crippen LogP contribution is 2.21. The van der Waals surface area contributed by atoms with Crippen molar-refractivity contribution in [3.8, 4) is 0 Å². The fraction of sp³-hybridized carbons (Fsp3) is 0.182. The monoisotopic (exact) mass is 231 g/mol. The Balaban J connectivity index is 2.58. The molecule has 0 aliphatic rings. The Labute approximate surface area is 98.2 Å². The molecule has 0 saturated heterocycles. The number of rotatable bonds is 2. The third kappa shape index (κ3) is 2.02. The van der Waals surface area contributed by atoms with Crippen molar-refractivity contribution in [2.75, 3.05) is 12.8 Å². The lowest BCUT2D eigenvalue weighted by Gasteiger charge is -2.07. The molecule has 0 spiro atoms. The molecule has 0 atom stereocenters. The maximum atomic E-state index is 11.6. The van der Waals surface area contributed by atoms with E-state index in [1.54, 1.807) is 7.05 Å². The Bertz CT molecular complexity index is 581. The number of benzene rings is 1. The van der Waals surface area contributed by atoms with Gasteiger partial charge in [0.05, 0.1) is 11.2 Å². The van der Waals surface area contributed by atoms with Crippen LogP contribution in [0.3, 0.4) is 0 Å². The van der Waals surface area contributed by atoms with Gasteiger partial charge in [-0.2, -0.15) is 0 Å². The van der Waals surface area contributed by atoms with E-state index in [2.05, 4.69) is 21.0 Å². The molecule has 88 valence electrons. The summed E-state index contributed by atoms with van der Waals surface area (Å²) in [5.74, 6) is -0.403. The SMILES string of the molecule is CNNC(=O)c1nnc2cc(C)ccc2c1N. The molecule has 1 heterocycles. The van der Waals surface area contributed by atoms with E-state index in [-0.39, 0.29) is 5.69 Å². The Morgan fingerprint density at radius 3 is 2.82 bits per heavy atom. The molecular formula is C11H13N5O. The average molecular weight is 231 g/mol. The minimum Gasteiger partial charge on any atom is -0.396 e. The number of hydrogen-bond acceptors (Lipinski definition) is 5. The second-order valence-corrected chi connectivity index (χ2v) is 3.69. The molecule has 0 radical (unpaired) electrons. The van der Waals surface area contributed by atoms with Gasteiger partial charge in [-0.25, -0.2) is 5.43 Å². The van der Waals surface area contributed by atoms with Gasteiger partial charge in [0.2, 0.25) is 0 Å². The van der Waals surface area contributed by atoms with E-state index < -0.39 is 5.91 Å². The molecule has 0 saturated carbocycles. The maximum Gasteiger partial charge on any atom is 0.288 e. The van der Waals surface area contributed by atoms with Gasteiger partial charge in [0, 0.05) is 12.4 Å². The summed E-state index contributed by atoms with van der Waals surface area (Å²) in [6.07, 6.45) is 0. The van der Waals surface area contributed by atoms with Gasteiger partial charge >= 0.3 is 0 Å². The number of nitrogens with one attached hydrogen (secondary N) is 2. The number of amides is 1. The summed E-state index contributed by atoms with van der Waals surface area (Å²) >= 11 is 0. The molecule has 0 bridgehead atoms. The summed E-state index contributed by atoms with van der Waals surface area (Å²) in [5.41, 5.74) is 13.1. The van der Waals surface area contributed by atoms with Gasteiger partial charge in [0.25, 0.3) is 5.91 Å². The van der Waals surface area contributed by atoms with Crippen molar-refractivity contribution in [1.29, 1.82) is 0 Å². The van der Waals surface area contributed by atoms with Crippen molar-refractivity contribution in [3.05, 3.63) is 29.5 Å². The zero-order valence-electron chi connectivity index (χ0n) is 9.61. The first-order chi connectivity index (χ1) is 8.13. The van der Waals surface area contributed by atoms with E-state index in [1.807, 2.05) is 25.1 Å². The largest absolute Gasteiger partial charge is 0.396 e. The predicted molar refractivity (Wildman–Crippen MR) is 65.2 cm³/mol. The van der Waals surface area contributed by atoms with Crippen molar-refractivity contribution in [3.63, 3.8) is 0 Å². The van der Waals surface area contributed by atoms with Crippen LogP contribution in [0, 0.1) is 6.92 Å². The quantitative estimate of drug-likeness (QED) is 0.650. The van der Waals surface area contributed by atoms with Gasteiger partial charge in [-0.05, 0) is 18.6 Å². The van der Waals surface area contributed by atoms with Crippen molar-refractivity contribution in [2.24, 2.45) is 0 Å². The molecule has 0 fully saturated rings. The number of nitrogen functional groups attached to an aromatic ring is 1. The number of anilines is 1. The number of aryl methyl sites for hydroxylation is 1. The van der Waals surface area contributed by atoms with Crippen LogP contribution in [-0.2, 0) is 0 Å². The number of aromatic nitrogens is 2. The predicted octanol–water partition coefficient (Wildman–Crippen LogP) is 0.385. The molecule has 0 unspecified atom stereocenters. The van der Waals surface area contributed by atoms with Crippen molar-refractivity contribution < 1.29 is 4.79 Å². The molecule has 1 amide bonds. The Hall–Kier alpha value is -2.21. The highest BCUT2D eigenvalue weighted by molar-refractivity contribution is 6.04. The third-order valence-electron chi connectivity index (χ3n) is 2.41. The van der Waals surface area contributed by atoms with Crippen molar-refractivity contribution in [1.82, 2.24) is 21.0 Å². The van der Waals surface area contributed by atoms with Crippen LogP contribution in [0.4, 0.5) is 5.69 Å². The Kier molecular flexibility index (Phi) is 2.88. The zero-order valence-corrected chi connectivity index (χ0v) is 9.61. The highest BCUT2D eigenvalue weighted by Gasteiger charge is 2.14. The van der Waals surface area contributed by atoms with Crippen LogP contribution in [0.15, 0.2) is 18.2 Å². The van der Waals surface area contributed by atoms with Crippen LogP contribution in [0.2, 0.25) is 0 Å². The van der Waals surface area contributed by atoms with Gasteiger partial charge in [0.1, 0.15) is 0 Å². The number of nitrogens with zero attached hydrogens (tertiary/aromatic N) is 2. The Morgan fingerprint density at radius 1 is 1.35 bits per heavy atom. The first-order valence-electron chi connectivity index (χ1n) is 5.13. The molecule has 0 aliphatic carbocycles. The highest BCUT2D eigenvalue weighted by atomic mass is 16.2. The lowest BCUT2D eigenvalue weighted by molar-refractivity contribution is 0.0933. The fourth-order valence-electron chi connectivity index (χ4n) is 1.58. The lowest BCUT2D eigenvalue weighted by Crippen LogP contribution is -2.35. The molecule has 2 rings (SSSR count). The third-order valence-corrected chi connectivity index (χ3v) is 2.41. The molecule has 6 nitrogen and oxygen atoms in total. The van der Waals surface area contributed by atoms with Crippen LogP contribution >= 0.6 is 0 Å². The van der Waals surface area contributed by atoms with Crippen LogP contribution < -0.4 is 16.6 Å². The first kappa shape index (κ1) is 11.3. The van der Waals surface area contributed by atoms with Gasteiger partial charge in [-0.1, -0.05) is 12.1 Å². The fourth-order valence-corrected chi connectivity index (χ4v) is 1.58. The molecule has 4 N–H and O–H groups in total. The minimum absolute atomic E-state index is 0.121. The van der Waals surface area contributed by atoms with Gasteiger partial charge in [-0.3, -0.25) is 10.2 Å². The van der Waals surface area contributed by atoms with Gasteiger partial charge in [-0.15, -0.1) is 10.2 Å². The second-order valence-electron chi connectivity index (χ2n) is 3.69. The molecular weight excluding hydrogens is 218 g/mol. The number of carbonyl (C=O) groups is 1. The average Bonchev–Trinajstić information content (AvgIpc) is 2.29. The normalized spacial score (nSPS) is 10.5. The Morgan fingerprint density at radius 2 is 2.12 bits per heavy atom. The number of nitrogens with two attached hydrogens (primary N) is 1. The smallest absolute Gasteiger partial charge is 0.288 e. The molecule has 0 aliphatic heterocycles. The topological polar surface area (TPSA) is 92.9 Å². The van der Waals surface area contributed by atoms with E-state index >= 15 is 0 Å². The van der Waals surface area contributed by atoms with Crippen molar-refractivity contribution >= 4 is 22.5 Å². The molecule has 1 aromatic heterocycles.